The molecular weight excluding hydrogens is 521 g/mol. The third kappa shape index (κ3) is 4.51. The normalized spacial score (nSPS) is 23.1. The van der Waals surface area contributed by atoms with E-state index in [9.17, 15) is 21.6 Å². The van der Waals surface area contributed by atoms with Crippen LogP contribution in [0.15, 0.2) is 49.2 Å². The van der Waals surface area contributed by atoms with Crippen molar-refractivity contribution in [2.24, 2.45) is 0 Å². The van der Waals surface area contributed by atoms with Crippen molar-refractivity contribution in [3.8, 4) is 11.5 Å². The van der Waals surface area contributed by atoms with Gasteiger partial charge in [-0.2, -0.15) is 18.3 Å². The van der Waals surface area contributed by atoms with Gasteiger partial charge in [-0.3, -0.25) is 14.4 Å². The van der Waals surface area contributed by atoms with E-state index in [4.69, 9.17) is 4.98 Å². The van der Waals surface area contributed by atoms with Gasteiger partial charge in [-0.1, -0.05) is 0 Å². The third-order valence-corrected chi connectivity index (χ3v) is 9.09. The summed E-state index contributed by atoms with van der Waals surface area (Å²) in [7, 11) is -3.06. The van der Waals surface area contributed by atoms with Crippen LogP contribution in [0.5, 0.6) is 0 Å². The lowest BCUT2D eigenvalue weighted by molar-refractivity contribution is -0.137. The van der Waals surface area contributed by atoms with Crippen molar-refractivity contribution in [2.75, 3.05) is 30.8 Å². The van der Waals surface area contributed by atoms with E-state index < -0.39 is 21.6 Å². The Morgan fingerprint density at radius 3 is 2.61 bits per heavy atom. The van der Waals surface area contributed by atoms with Gasteiger partial charge in [-0.15, -0.1) is 0 Å². The minimum atomic E-state index is -4.48. The number of aromatic nitrogens is 6. The highest BCUT2D eigenvalue weighted by Gasteiger charge is 2.43. The summed E-state index contributed by atoms with van der Waals surface area (Å²) in [5.41, 5.74) is 0.935. The fourth-order valence-corrected chi connectivity index (χ4v) is 6.45. The van der Waals surface area contributed by atoms with Crippen LogP contribution >= 0.6 is 0 Å². The van der Waals surface area contributed by atoms with Gasteiger partial charge in [0.15, 0.2) is 5.82 Å². The average Bonchev–Trinajstić information content (AvgIpc) is 3.52. The molecule has 5 heterocycles. The summed E-state index contributed by atoms with van der Waals surface area (Å²) >= 11 is 0. The van der Waals surface area contributed by atoms with Crippen molar-refractivity contribution in [1.82, 2.24) is 34.4 Å². The number of rotatable bonds is 5. The number of alkyl halides is 3. The number of sulfone groups is 1. The molecule has 200 valence electrons. The molecule has 1 saturated carbocycles. The monoisotopic (exact) mass is 546 g/mol. The highest BCUT2D eigenvalue weighted by Crippen LogP contribution is 2.38. The van der Waals surface area contributed by atoms with Crippen LogP contribution in [-0.2, 0) is 16.0 Å². The highest BCUT2D eigenvalue weighted by molar-refractivity contribution is 7.91. The Kier molecular flexibility index (Phi) is 5.90. The van der Waals surface area contributed by atoms with Crippen molar-refractivity contribution < 1.29 is 21.6 Å². The predicted molar refractivity (Wildman–Crippen MR) is 133 cm³/mol. The maximum Gasteiger partial charge on any atom is 0.417 e. The first kappa shape index (κ1) is 24.8. The van der Waals surface area contributed by atoms with E-state index >= 15 is 0 Å². The lowest BCUT2D eigenvalue weighted by Gasteiger charge is -2.50. The number of halogens is 3. The minimum absolute atomic E-state index is 0.0310. The summed E-state index contributed by atoms with van der Waals surface area (Å²) in [5, 5.41) is 6.67. The standard InChI is InChI=1S/C24H25F3N8O2S/c1-38(36,37)18-8-17(9-18)34-7-6-33(14-20(34)15-10-30-31-11-15)22-4-5-28-23(32-22)19-12-29-21-3-2-16(13-35(19)21)24(25,26)27/h2-5,10-13,17-18,20H,6-9,14H2,1H3,(H,30,31)/t17?,18?,20-/m1/s1. The van der Waals surface area contributed by atoms with E-state index in [2.05, 4.69) is 30.0 Å². The Morgan fingerprint density at radius 1 is 1.08 bits per heavy atom. The zero-order chi connectivity index (χ0) is 26.7. The van der Waals surface area contributed by atoms with Gasteiger partial charge in [0.05, 0.1) is 29.2 Å². The van der Waals surface area contributed by atoms with Crippen molar-refractivity contribution in [1.29, 1.82) is 0 Å². The van der Waals surface area contributed by atoms with E-state index in [1.54, 1.807) is 18.5 Å². The number of hydrogen-bond donors (Lipinski definition) is 1. The number of fused-ring (bicyclic) bond motifs is 1. The molecule has 0 unspecified atom stereocenters. The van der Waals surface area contributed by atoms with E-state index in [0.717, 1.165) is 17.8 Å². The topological polar surface area (TPSA) is 112 Å². The Labute approximate surface area is 216 Å². The molecular formula is C24H25F3N8O2S. The lowest BCUT2D eigenvalue weighted by Crippen LogP contribution is -2.57. The van der Waals surface area contributed by atoms with Crippen molar-refractivity contribution >= 4 is 21.3 Å². The SMILES string of the molecule is CS(=O)(=O)C1CC(N2CCN(c3ccnc(-c4cnc5ccc(C(F)(F)F)cn45)n3)C[C@@H]2c2cn[nH]c2)C1. The largest absolute Gasteiger partial charge is 0.417 e. The maximum absolute atomic E-state index is 13.3. The molecule has 10 nitrogen and oxygen atoms in total. The van der Waals surface area contributed by atoms with Crippen LogP contribution in [0.2, 0.25) is 0 Å². The molecule has 0 radical (unpaired) electrons. The molecule has 0 aromatic carbocycles. The first-order chi connectivity index (χ1) is 18.1. The molecule has 2 fully saturated rings. The second-order valence-corrected chi connectivity index (χ2v) is 12.2. The average molecular weight is 547 g/mol. The number of anilines is 1. The third-order valence-electron chi connectivity index (χ3n) is 7.50. The van der Waals surface area contributed by atoms with Gasteiger partial charge < -0.3 is 4.90 Å². The Balaban J connectivity index is 1.27. The maximum atomic E-state index is 13.3. The quantitative estimate of drug-likeness (QED) is 0.407. The molecule has 0 spiro atoms. The molecule has 38 heavy (non-hydrogen) atoms. The van der Waals surface area contributed by atoms with E-state index in [1.807, 2.05) is 6.20 Å². The van der Waals surface area contributed by atoms with Crippen LogP contribution in [0.4, 0.5) is 19.0 Å². The number of pyridine rings is 1. The molecule has 1 saturated heterocycles. The number of hydrogen-bond acceptors (Lipinski definition) is 8. The predicted octanol–water partition coefficient (Wildman–Crippen LogP) is 2.97. The minimum Gasteiger partial charge on any atom is -0.353 e. The lowest BCUT2D eigenvalue weighted by atomic mass is 9.88. The molecule has 2 aliphatic rings. The molecule has 1 aliphatic carbocycles. The van der Waals surface area contributed by atoms with Crippen LogP contribution in [0, 0.1) is 0 Å². The molecule has 0 bridgehead atoms. The van der Waals surface area contributed by atoms with E-state index in [0.29, 0.717) is 49.6 Å². The van der Waals surface area contributed by atoms with Gasteiger partial charge in [0.1, 0.15) is 27.0 Å². The van der Waals surface area contributed by atoms with Crippen LogP contribution < -0.4 is 4.90 Å². The molecule has 4 aromatic rings. The van der Waals surface area contributed by atoms with Crippen molar-refractivity contribution in [3.05, 3.63) is 60.3 Å². The zero-order valence-corrected chi connectivity index (χ0v) is 21.2. The van der Waals surface area contributed by atoms with Gasteiger partial charge >= 0.3 is 6.18 Å². The van der Waals surface area contributed by atoms with Crippen LogP contribution in [0.3, 0.4) is 0 Å². The summed E-state index contributed by atoms with van der Waals surface area (Å²) in [6.07, 6.45) is 5.71. The molecule has 1 aliphatic heterocycles. The second-order valence-electron chi connectivity index (χ2n) is 9.83. The second kappa shape index (κ2) is 9.05. The summed E-state index contributed by atoms with van der Waals surface area (Å²) in [6, 6.07) is 4.23. The summed E-state index contributed by atoms with van der Waals surface area (Å²) in [4.78, 5) is 17.7. The number of nitrogens with one attached hydrogen (secondary N) is 1. The van der Waals surface area contributed by atoms with Gasteiger partial charge in [0.2, 0.25) is 0 Å². The van der Waals surface area contributed by atoms with Gasteiger partial charge in [0, 0.05) is 56.1 Å². The van der Waals surface area contributed by atoms with Crippen LogP contribution in [0.1, 0.15) is 30.0 Å². The summed E-state index contributed by atoms with van der Waals surface area (Å²) in [5.74, 6) is 0.916. The number of piperazine rings is 1. The first-order valence-corrected chi connectivity index (χ1v) is 14.1. The van der Waals surface area contributed by atoms with Crippen molar-refractivity contribution in [2.45, 2.75) is 36.4 Å². The van der Waals surface area contributed by atoms with E-state index in [-0.39, 0.29) is 23.2 Å². The molecule has 4 aromatic heterocycles. The zero-order valence-electron chi connectivity index (χ0n) is 20.4. The first-order valence-electron chi connectivity index (χ1n) is 12.1. The molecule has 0 amide bonds. The smallest absolute Gasteiger partial charge is 0.353 e. The van der Waals surface area contributed by atoms with Gasteiger partial charge in [-0.25, -0.2) is 23.4 Å². The van der Waals surface area contributed by atoms with Crippen LogP contribution in [0.25, 0.3) is 17.2 Å². The summed E-state index contributed by atoms with van der Waals surface area (Å²) < 4.78 is 65.2. The number of imidazole rings is 1. The van der Waals surface area contributed by atoms with Gasteiger partial charge in [0.25, 0.3) is 0 Å². The number of aromatic amines is 1. The highest BCUT2D eigenvalue weighted by atomic mass is 32.2. The Bertz CT molecular complexity index is 1570. The molecule has 1 atom stereocenters. The Morgan fingerprint density at radius 2 is 1.89 bits per heavy atom. The molecule has 14 heteroatoms. The number of H-pyrrole nitrogens is 1. The van der Waals surface area contributed by atoms with Crippen molar-refractivity contribution in [3.63, 3.8) is 0 Å². The number of nitrogens with zero attached hydrogens (tertiary/aromatic N) is 7. The van der Waals surface area contributed by atoms with Gasteiger partial charge in [-0.05, 0) is 31.0 Å². The fraction of sp³-hybridized carbons (Fsp3) is 0.417. The van der Waals surface area contributed by atoms with E-state index in [1.165, 1.54) is 22.9 Å². The Hall–Kier alpha value is -3.52. The molecule has 6 rings (SSSR count). The van der Waals surface area contributed by atoms with Crippen LogP contribution in [-0.4, -0.2) is 80.0 Å². The fourth-order valence-electron chi connectivity index (χ4n) is 5.30. The summed E-state index contributed by atoms with van der Waals surface area (Å²) in [6.45, 7) is 1.93. The molecule has 1 N–H and O–H groups in total.